The summed E-state index contributed by atoms with van der Waals surface area (Å²) in [4.78, 5) is 58.7. The van der Waals surface area contributed by atoms with Gasteiger partial charge in [0.25, 0.3) is 4.92 Å². The van der Waals surface area contributed by atoms with Gasteiger partial charge in [-0.25, -0.2) is 5.21 Å². The van der Waals surface area contributed by atoms with E-state index in [2.05, 4.69) is 16.0 Å². The quantitative estimate of drug-likeness (QED) is 0.127. The fraction of sp³-hybridized carbons (Fsp3) is 0.407. The molecule has 2 aromatic carbocycles. The number of carboxylic acid groups (broad SMARTS) is 1. The summed E-state index contributed by atoms with van der Waals surface area (Å²) in [5.74, 6) is -2.17. The second kappa shape index (κ2) is 18.0. The number of aliphatic carboxylic acids is 1. The maximum absolute atomic E-state index is 13.0. The van der Waals surface area contributed by atoms with Crippen LogP contribution in [-0.2, 0) is 35.1 Å². The van der Waals surface area contributed by atoms with E-state index in [0.29, 0.717) is 31.9 Å². The van der Waals surface area contributed by atoms with Crippen LogP contribution in [0.5, 0.6) is 0 Å². The molecule has 216 valence electrons. The van der Waals surface area contributed by atoms with Crippen molar-refractivity contribution in [2.75, 3.05) is 38.3 Å². The van der Waals surface area contributed by atoms with E-state index in [0.717, 1.165) is 5.56 Å². The number of ether oxygens (including phenoxy) is 2. The number of anilines is 1. The maximum Gasteiger partial charge on any atom is 0.316 e. The molecule has 0 spiro atoms. The highest BCUT2D eigenvalue weighted by Gasteiger charge is 2.22. The number of hydrogen-bond donors (Lipinski definition) is 5. The van der Waals surface area contributed by atoms with Crippen LogP contribution in [0.3, 0.4) is 0 Å². The van der Waals surface area contributed by atoms with Crippen molar-refractivity contribution in [3.05, 3.63) is 65.1 Å². The Bertz CT molecular complexity index is 1110. The molecular weight excluding hydrogens is 524 g/mol. The molecule has 0 aliphatic carbocycles. The third-order valence-corrected chi connectivity index (χ3v) is 5.49. The van der Waals surface area contributed by atoms with Crippen molar-refractivity contribution in [2.45, 2.75) is 38.1 Å². The molecule has 0 aliphatic rings. The normalized spacial score (nSPS) is 11.3. The molecule has 0 saturated carbocycles. The van der Waals surface area contributed by atoms with Crippen LogP contribution < -0.4 is 16.0 Å². The number of rotatable bonds is 19. The predicted molar refractivity (Wildman–Crippen MR) is 143 cm³/mol. The Labute approximate surface area is 231 Å². The molecule has 2 aromatic rings. The molecule has 13 nitrogen and oxygen atoms in total. The average molecular weight is 560 g/mol. The number of carbonyl (C=O) groups excluding carboxylic acids is 3. The highest BCUT2D eigenvalue weighted by Crippen LogP contribution is 2.16. The topological polar surface area (TPSA) is 183 Å². The summed E-state index contributed by atoms with van der Waals surface area (Å²) in [6.45, 7) is 1.46. The SMILES string of the molecule is O=C(O)CCCOCCOCCNC(=O)CCC(=O)N[C@@H](Cc1ccccc1)C(=O)Nc1ccc([N+](=O)O)cc1. The lowest BCUT2D eigenvalue weighted by Crippen LogP contribution is -2.45. The zero-order valence-corrected chi connectivity index (χ0v) is 22.0. The summed E-state index contributed by atoms with van der Waals surface area (Å²) in [7, 11) is 0. The van der Waals surface area contributed by atoms with Crippen LogP contribution in [0.4, 0.5) is 11.4 Å². The lowest BCUT2D eigenvalue weighted by molar-refractivity contribution is -0.729. The van der Waals surface area contributed by atoms with Crippen LogP contribution in [0.1, 0.15) is 31.2 Å². The molecule has 0 heterocycles. The molecule has 0 radical (unpaired) electrons. The molecule has 0 unspecified atom stereocenters. The maximum atomic E-state index is 13.0. The van der Waals surface area contributed by atoms with Crippen LogP contribution in [0.25, 0.3) is 0 Å². The molecular formula is C27H35N4O9+. The second-order valence-corrected chi connectivity index (χ2v) is 8.69. The van der Waals surface area contributed by atoms with Gasteiger partial charge in [0.15, 0.2) is 0 Å². The van der Waals surface area contributed by atoms with Gasteiger partial charge in [-0.3, -0.25) is 19.2 Å². The molecule has 0 aliphatic heterocycles. The van der Waals surface area contributed by atoms with Gasteiger partial charge in [-0.15, -0.1) is 0 Å². The Morgan fingerprint density at radius 3 is 2.12 bits per heavy atom. The van der Waals surface area contributed by atoms with Gasteiger partial charge in [-0.1, -0.05) is 30.3 Å². The van der Waals surface area contributed by atoms with Crippen LogP contribution in [0, 0.1) is 4.91 Å². The third-order valence-electron chi connectivity index (χ3n) is 5.49. The lowest BCUT2D eigenvalue weighted by atomic mass is 10.0. The first-order valence-electron chi connectivity index (χ1n) is 12.8. The zero-order valence-electron chi connectivity index (χ0n) is 22.0. The van der Waals surface area contributed by atoms with Crippen LogP contribution in [0.15, 0.2) is 54.6 Å². The summed E-state index contributed by atoms with van der Waals surface area (Å²) in [6, 6.07) is 13.7. The highest BCUT2D eigenvalue weighted by atomic mass is 16.6. The van der Waals surface area contributed by atoms with E-state index in [-0.39, 0.29) is 55.4 Å². The Morgan fingerprint density at radius 1 is 0.825 bits per heavy atom. The molecule has 0 aromatic heterocycles. The summed E-state index contributed by atoms with van der Waals surface area (Å²) >= 11 is 0. The van der Waals surface area contributed by atoms with Crippen molar-refractivity contribution < 1.29 is 43.9 Å². The first-order valence-corrected chi connectivity index (χ1v) is 12.8. The molecule has 1 atom stereocenters. The van der Waals surface area contributed by atoms with Crippen molar-refractivity contribution in [2.24, 2.45) is 0 Å². The molecule has 2 rings (SSSR count). The van der Waals surface area contributed by atoms with E-state index in [1.165, 1.54) is 24.3 Å². The van der Waals surface area contributed by atoms with Gasteiger partial charge in [0.2, 0.25) is 17.7 Å². The minimum Gasteiger partial charge on any atom is -0.481 e. The minimum absolute atomic E-state index is 0.00374. The number of nitrogens with one attached hydrogen (secondary N) is 3. The van der Waals surface area contributed by atoms with Gasteiger partial charge in [0, 0.05) is 56.7 Å². The number of hydrogen-bond acceptors (Lipinski definition) is 7. The molecule has 0 saturated heterocycles. The van der Waals surface area contributed by atoms with E-state index in [4.69, 9.17) is 19.8 Å². The predicted octanol–water partition coefficient (Wildman–Crippen LogP) is 1.95. The largest absolute Gasteiger partial charge is 0.481 e. The second-order valence-electron chi connectivity index (χ2n) is 8.69. The minimum atomic E-state index is -0.925. The van der Waals surface area contributed by atoms with Gasteiger partial charge in [-0.05, 0) is 24.1 Å². The molecule has 40 heavy (non-hydrogen) atoms. The van der Waals surface area contributed by atoms with Crippen molar-refractivity contribution in [1.29, 1.82) is 0 Å². The Kier molecular flexibility index (Phi) is 14.4. The van der Waals surface area contributed by atoms with Crippen LogP contribution in [0.2, 0.25) is 0 Å². The summed E-state index contributed by atoms with van der Waals surface area (Å²) in [5, 5.41) is 25.5. The number of nitrogens with zero attached hydrogens (tertiary/aromatic N) is 1. The molecule has 0 bridgehead atoms. The first kappa shape index (κ1) is 31.9. The summed E-state index contributed by atoms with van der Waals surface area (Å²) in [6.07, 6.45) is 0.495. The first-order chi connectivity index (χ1) is 19.2. The van der Waals surface area contributed by atoms with Gasteiger partial charge in [0.1, 0.15) is 6.04 Å². The van der Waals surface area contributed by atoms with Gasteiger partial charge >= 0.3 is 11.7 Å². The van der Waals surface area contributed by atoms with E-state index < -0.39 is 23.8 Å². The van der Waals surface area contributed by atoms with E-state index in [1.807, 2.05) is 30.3 Å². The fourth-order valence-corrected chi connectivity index (χ4v) is 3.45. The number of carbonyl (C=O) groups is 4. The zero-order chi connectivity index (χ0) is 29.2. The van der Waals surface area contributed by atoms with Crippen molar-refractivity contribution in [1.82, 2.24) is 10.6 Å². The summed E-state index contributed by atoms with van der Waals surface area (Å²) in [5.41, 5.74) is 1.19. The Hall–Kier alpha value is -4.36. The molecule has 0 fully saturated rings. The molecule has 13 heteroatoms. The van der Waals surface area contributed by atoms with Crippen LogP contribution >= 0.6 is 0 Å². The Morgan fingerprint density at radius 2 is 1.48 bits per heavy atom. The van der Waals surface area contributed by atoms with Crippen molar-refractivity contribution in [3.63, 3.8) is 0 Å². The smallest absolute Gasteiger partial charge is 0.316 e. The monoisotopic (exact) mass is 559 g/mol. The van der Waals surface area contributed by atoms with E-state index >= 15 is 0 Å². The molecule has 5 N–H and O–H groups in total. The van der Waals surface area contributed by atoms with E-state index in [1.54, 1.807) is 0 Å². The standard InChI is InChI=1S/C27H34N4O9/c32-24(28-14-16-40-18-17-39-15-4-7-26(34)35)12-13-25(33)30-23(19-20-5-2-1-3-6-20)27(36)29-21-8-10-22(11-9-21)31(37)38/h1-3,5-6,8-11,23H,4,7,12-19H2,(H4-,28,29,30,32,33,34,35,36,37,38)/p+1/t23-/m0/s1. The number of benzene rings is 2. The highest BCUT2D eigenvalue weighted by molar-refractivity contribution is 5.97. The van der Waals surface area contributed by atoms with Crippen molar-refractivity contribution in [3.8, 4) is 0 Å². The molecule has 3 amide bonds. The van der Waals surface area contributed by atoms with E-state index in [9.17, 15) is 24.1 Å². The number of carboxylic acids is 1. The van der Waals surface area contributed by atoms with Crippen molar-refractivity contribution >= 4 is 35.1 Å². The fourth-order valence-electron chi connectivity index (χ4n) is 3.45. The van der Waals surface area contributed by atoms with Gasteiger partial charge in [0.05, 0.1) is 24.7 Å². The van der Waals surface area contributed by atoms with Gasteiger partial charge < -0.3 is 30.5 Å². The number of amides is 3. The average Bonchev–Trinajstić information content (AvgIpc) is 2.93. The lowest BCUT2D eigenvalue weighted by Gasteiger charge is -2.19. The van der Waals surface area contributed by atoms with Gasteiger partial charge in [-0.2, -0.15) is 0 Å². The summed E-state index contributed by atoms with van der Waals surface area (Å²) < 4.78 is 10.6. The van der Waals surface area contributed by atoms with Crippen LogP contribution in [-0.4, -0.2) is 77.9 Å². The Balaban J connectivity index is 1.74. The third kappa shape index (κ3) is 13.4.